The standard InChI is InChI=1S/C10H4F3NO2.C2H6O/c11-5-2-6-8(10(13)9(5)12)7(16)1-4(3-15)14-6;1-3-2/h1-3H,(H,14,16);1-2H3. The van der Waals surface area contributed by atoms with E-state index in [0.717, 1.165) is 6.07 Å². The first kappa shape index (κ1) is 14.9. The van der Waals surface area contributed by atoms with Crippen LogP contribution in [0, 0.1) is 17.5 Å². The molecular formula is C12H10F3NO3. The fourth-order valence-electron chi connectivity index (χ4n) is 1.40. The summed E-state index contributed by atoms with van der Waals surface area (Å²) in [6.07, 6.45) is 0.319. The SMILES string of the molecule is COC.O=Cc1cc(=O)c2c(F)c(F)c(F)cc2[nH]1. The van der Waals surface area contributed by atoms with Crippen molar-refractivity contribution in [2.45, 2.75) is 0 Å². The lowest BCUT2D eigenvalue weighted by atomic mass is 10.1. The molecule has 102 valence electrons. The first-order valence-electron chi connectivity index (χ1n) is 5.02. The van der Waals surface area contributed by atoms with Crippen molar-refractivity contribution in [2.24, 2.45) is 0 Å². The van der Waals surface area contributed by atoms with Crippen LogP contribution in [0.3, 0.4) is 0 Å². The number of pyridine rings is 1. The number of ether oxygens (including phenoxy) is 1. The molecule has 0 aliphatic heterocycles. The Kier molecular flexibility index (Phi) is 4.82. The van der Waals surface area contributed by atoms with Gasteiger partial charge in [-0.05, 0) is 0 Å². The van der Waals surface area contributed by atoms with Gasteiger partial charge in [0.2, 0.25) is 0 Å². The fraction of sp³-hybridized carbons (Fsp3) is 0.167. The van der Waals surface area contributed by atoms with Gasteiger partial charge in [0.25, 0.3) is 0 Å². The molecule has 2 aromatic rings. The highest BCUT2D eigenvalue weighted by Crippen LogP contribution is 2.18. The molecule has 1 N–H and O–H groups in total. The third-order valence-electron chi connectivity index (χ3n) is 2.10. The molecule has 19 heavy (non-hydrogen) atoms. The molecule has 0 bridgehead atoms. The van der Waals surface area contributed by atoms with Gasteiger partial charge in [-0.25, -0.2) is 13.2 Å². The van der Waals surface area contributed by atoms with Gasteiger partial charge in [-0.15, -0.1) is 0 Å². The summed E-state index contributed by atoms with van der Waals surface area (Å²) in [5, 5.41) is -0.607. The van der Waals surface area contributed by atoms with Crippen molar-refractivity contribution < 1.29 is 22.7 Å². The first-order chi connectivity index (χ1) is 8.96. The van der Waals surface area contributed by atoms with E-state index in [4.69, 9.17) is 0 Å². The van der Waals surface area contributed by atoms with Gasteiger partial charge in [-0.2, -0.15) is 0 Å². The molecule has 1 aromatic heterocycles. The van der Waals surface area contributed by atoms with Crippen LogP contribution in [-0.4, -0.2) is 25.5 Å². The van der Waals surface area contributed by atoms with Crippen LogP contribution < -0.4 is 5.43 Å². The monoisotopic (exact) mass is 273 g/mol. The zero-order valence-electron chi connectivity index (χ0n) is 10.1. The number of carbonyl (C=O) groups excluding carboxylic acids is 1. The summed E-state index contributed by atoms with van der Waals surface area (Å²) >= 11 is 0. The Labute approximate surface area is 105 Å². The highest BCUT2D eigenvalue weighted by atomic mass is 19.2. The Hall–Kier alpha value is -2.15. The Morgan fingerprint density at radius 3 is 2.26 bits per heavy atom. The number of fused-ring (bicyclic) bond motifs is 1. The lowest BCUT2D eigenvalue weighted by Crippen LogP contribution is -2.09. The fourth-order valence-corrected chi connectivity index (χ4v) is 1.40. The Morgan fingerprint density at radius 2 is 1.74 bits per heavy atom. The molecule has 0 fully saturated rings. The smallest absolute Gasteiger partial charge is 0.195 e. The molecule has 0 saturated heterocycles. The molecule has 0 aliphatic carbocycles. The van der Waals surface area contributed by atoms with Crippen LogP contribution in [0.5, 0.6) is 0 Å². The summed E-state index contributed by atoms with van der Waals surface area (Å²) in [6.45, 7) is 0. The molecule has 4 nitrogen and oxygen atoms in total. The number of aromatic nitrogens is 1. The number of halogens is 3. The second-order valence-corrected chi connectivity index (χ2v) is 3.52. The molecule has 0 atom stereocenters. The van der Waals surface area contributed by atoms with Crippen molar-refractivity contribution in [1.82, 2.24) is 4.98 Å². The first-order valence-corrected chi connectivity index (χ1v) is 5.02. The van der Waals surface area contributed by atoms with Gasteiger partial charge in [-0.1, -0.05) is 0 Å². The molecule has 0 radical (unpaired) electrons. The summed E-state index contributed by atoms with van der Waals surface area (Å²) in [4.78, 5) is 24.1. The minimum Gasteiger partial charge on any atom is -0.388 e. The number of nitrogens with one attached hydrogen (secondary N) is 1. The predicted octanol–water partition coefficient (Wildman–Crippen LogP) is 2.02. The largest absolute Gasteiger partial charge is 0.388 e. The van der Waals surface area contributed by atoms with Gasteiger partial charge in [0.15, 0.2) is 29.2 Å². The normalized spacial score (nSPS) is 9.95. The Balaban J connectivity index is 0.000000550. The van der Waals surface area contributed by atoms with Crippen LogP contribution in [-0.2, 0) is 4.74 Å². The van der Waals surface area contributed by atoms with Crippen molar-refractivity contribution in [3.63, 3.8) is 0 Å². The van der Waals surface area contributed by atoms with Crippen LogP contribution >= 0.6 is 0 Å². The van der Waals surface area contributed by atoms with E-state index in [2.05, 4.69) is 9.72 Å². The van der Waals surface area contributed by atoms with E-state index in [1.165, 1.54) is 0 Å². The van der Waals surface area contributed by atoms with E-state index in [9.17, 15) is 22.8 Å². The highest BCUT2D eigenvalue weighted by Gasteiger charge is 2.16. The molecule has 0 aliphatic rings. The maximum absolute atomic E-state index is 13.2. The minimum absolute atomic E-state index is 0.136. The summed E-state index contributed by atoms with van der Waals surface area (Å²) < 4.78 is 43.2. The van der Waals surface area contributed by atoms with Crippen LogP contribution in [0.2, 0.25) is 0 Å². The molecule has 1 heterocycles. The van der Waals surface area contributed by atoms with Crippen LogP contribution in [0.1, 0.15) is 10.5 Å². The molecule has 0 amide bonds. The van der Waals surface area contributed by atoms with E-state index in [1.54, 1.807) is 14.2 Å². The molecule has 0 spiro atoms. The lowest BCUT2D eigenvalue weighted by molar-refractivity contribution is 0.111. The minimum atomic E-state index is -1.71. The van der Waals surface area contributed by atoms with Crippen LogP contribution in [0.4, 0.5) is 13.2 Å². The van der Waals surface area contributed by atoms with E-state index in [1.807, 2.05) is 0 Å². The Bertz CT molecular complexity index is 667. The van der Waals surface area contributed by atoms with Crippen molar-refractivity contribution in [3.05, 3.63) is 45.5 Å². The van der Waals surface area contributed by atoms with Crippen LogP contribution in [0.15, 0.2) is 16.9 Å². The number of rotatable bonds is 1. The van der Waals surface area contributed by atoms with Crippen molar-refractivity contribution in [1.29, 1.82) is 0 Å². The number of hydrogen-bond acceptors (Lipinski definition) is 3. The van der Waals surface area contributed by atoms with E-state index in [-0.39, 0.29) is 11.2 Å². The average Bonchev–Trinajstić information content (AvgIpc) is 2.36. The Morgan fingerprint density at radius 1 is 1.16 bits per heavy atom. The second-order valence-electron chi connectivity index (χ2n) is 3.52. The van der Waals surface area contributed by atoms with E-state index < -0.39 is 28.3 Å². The summed E-state index contributed by atoms with van der Waals surface area (Å²) in [7, 11) is 3.25. The van der Waals surface area contributed by atoms with E-state index >= 15 is 0 Å². The number of hydrogen-bond donors (Lipinski definition) is 1. The quantitative estimate of drug-likeness (QED) is 0.638. The summed E-state index contributed by atoms with van der Waals surface area (Å²) in [6, 6.07) is 1.44. The maximum Gasteiger partial charge on any atom is 0.195 e. The molecule has 0 unspecified atom stereocenters. The highest BCUT2D eigenvalue weighted by molar-refractivity contribution is 5.83. The average molecular weight is 273 g/mol. The molecule has 1 aromatic carbocycles. The van der Waals surface area contributed by atoms with E-state index in [0.29, 0.717) is 12.4 Å². The second kappa shape index (κ2) is 6.14. The number of benzene rings is 1. The van der Waals surface area contributed by atoms with Crippen molar-refractivity contribution in [3.8, 4) is 0 Å². The van der Waals surface area contributed by atoms with Gasteiger partial charge in [0.1, 0.15) is 0 Å². The number of aldehydes is 1. The van der Waals surface area contributed by atoms with Gasteiger partial charge >= 0.3 is 0 Å². The number of aromatic amines is 1. The van der Waals surface area contributed by atoms with Crippen LogP contribution in [0.25, 0.3) is 10.9 Å². The third kappa shape index (κ3) is 3.00. The van der Waals surface area contributed by atoms with Crippen molar-refractivity contribution in [2.75, 3.05) is 14.2 Å². The number of methoxy groups -OCH3 is 1. The number of H-pyrrole nitrogens is 1. The van der Waals surface area contributed by atoms with Gasteiger partial charge < -0.3 is 9.72 Å². The summed E-state index contributed by atoms with van der Waals surface area (Å²) in [5.74, 6) is -4.70. The number of carbonyl (C=O) groups is 1. The lowest BCUT2D eigenvalue weighted by Gasteiger charge is -2.02. The topological polar surface area (TPSA) is 59.2 Å². The maximum atomic E-state index is 13.2. The predicted molar refractivity (Wildman–Crippen MR) is 62.8 cm³/mol. The zero-order valence-corrected chi connectivity index (χ0v) is 10.1. The molecule has 0 saturated carbocycles. The molecule has 7 heteroatoms. The zero-order chi connectivity index (χ0) is 14.6. The molecular weight excluding hydrogens is 263 g/mol. The summed E-state index contributed by atoms with van der Waals surface area (Å²) in [5.41, 5.74) is -1.28. The van der Waals surface area contributed by atoms with Gasteiger partial charge in [0.05, 0.1) is 16.6 Å². The van der Waals surface area contributed by atoms with Gasteiger partial charge in [0, 0.05) is 26.4 Å². The van der Waals surface area contributed by atoms with Gasteiger partial charge in [-0.3, -0.25) is 9.59 Å². The molecule has 2 rings (SSSR count). The van der Waals surface area contributed by atoms with Crippen molar-refractivity contribution >= 4 is 17.2 Å². The third-order valence-corrected chi connectivity index (χ3v) is 2.10.